The molecule has 1 amide bonds. The first-order valence-corrected chi connectivity index (χ1v) is 4.89. The summed E-state index contributed by atoms with van der Waals surface area (Å²) in [6.07, 6.45) is 2.19. The predicted octanol–water partition coefficient (Wildman–Crippen LogP) is 0.437. The summed E-state index contributed by atoms with van der Waals surface area (Å²) in [5, 5.41) is 3.11. The molecule has 0 spiro atoms. The molecule has 0 aromatic rings. The maximum absolute atomic E-state index is 11.3. The molecule has 1 N–H and O–H groups in total. The molecule has 1 saturated heterocycles. The molecule has 13 heavy (non-hydrogen) atoms. The van der Waals surface area contributed by atoms with Crippen molar-refractivity contribution < 1.29 is 9.53 Å². The highest BCUT2D eigenvalue weighted by atomic mass is 16.6. The molecule has 2 rings (SSSR count). The van der Waals surface area contributed by atoms with Crippen LogP contribution in [0.15, 0.2) is 0 Å². The number of carbonyl (C=O) groups is 1. The predicted molar refractivity (Wildman–Crippen MR) is 48.5 cm³/mol. The van der Waals surface area contributed by atoms with E-state index in [0.29, 0.717) is 18.6 Å². The maximum Gasteiger partial charge on any atom is 0.410 e. The quantitative estimate of drug-likeness (QED) is 0.692. The van der Waals surface area contributed by atoms with Crippen LogP contribution in [0.2, 0.25) is 0 Å². The van der Waals surface area contributed by atoms with E-state index >= 15 is 0 Å². The summed E-state index contributed by atoms with van der Waals surface area (Å²) in [5.74, 6) is 0.461. The molecule has 1 saturated carbocycles. The number of hydrogen-bond donors (Lipinski definition) is 1. The summed E-state index contributed by atoms with van der Waals surface area (Å²) in [6.45, 7) is 2.36. The van der Waals surface area contributed by atoms with E-state index in [1.54, 1.807) is 0 Å². The van der Waals surface area contributed by atoms with Crippen molar-refractivity contribution in [2.45, 2.75) is 18.9 Å². The number of amides is 1. The molecule has 74 valence electrons. The molecule has 2 aliphatic rings. The van der Waals surface area contributed by atoms with Gasteiger partial charge >= 0.3 is 6.09 Å². The lowest BCUT2D eigenvalue weighted by Crippen LogP contribution is -2.46. The van der Waals surface area contributed by atoms with E-state index < -0.39 is 0 Å². The summed E-state index contributed by atoms with van der Waals surface area (Å²) in [5.41, 5.74) is 0. The number of hydrogen-bond acceptors (Lipinski definition) is 3. The Morgan fingerprint density at radius 3 is 3.00 bits per heavy atom. The molecule has 1 atom stereocenters. The summed E-state index contributed by atoms with van der Waals surface area (Å²) >= 11 is 0. The third-order valence-corrected chi connectivity index (χ3v) is 2.61. The third kappa shape index (κ3) is 1.94. The number of nitrogens with zero attached hydrogens (tertiary/aromatic N) is 1. The first-order valence-electron chi connectivity index (χ1n) is 4.89. The van der Waals surface area contributed by atoms with Gasteiger partial charge in [-0.1, -0.05) is 0 Å². The van der Waals surface area contributed by atoms with Crippen molar-refractivity contribution >= 4 is 6.09 Å². The zero-order valence-electron chi connectivity index (χ0n) is 7.95. The lowest BCUT2D eigenvalue weighted by atomic mass is 10.1. The highest BCUT2D eigenvalue weighted by molar-refractivity contribution is 5.69. The van der Waals surface area contributed by atoms with Gasteiger partial charge in [0.1, 0.15) is 0 Å². The van der Waals surface area contributed by atoms with Gasteiger partial charge in [0, 0.05) is 25.0 Å². The zero-order chi connectivity index (χ0) is 9.26. The SMILES string of the molecule is CNCC1COC(=O)N(C2CC2)C1. The van der Waals surface area contributed by atoms with Crippen LogP contribution in [-0.4, -0.2) is 43.8 Å². The van der Waals surface area contributed by atoms with Crippen molar-refractivity contribution in [3.05, 3.63) is 0 Å². The number of rotatable bonds is 3. The molecular weight excluding hydrogens is 168 g/mol. The lowest BCUT2D eigenvalue weighted by molar-refractivity contribution is 0.0406. The first-order chi connectivity index (χ1) is 6.31. The minimum absolute atomic E-state index is 0.116. The van der Waals surface area contributed by atoms with Crippen molar-refractivity contribution in [3.8, 4) is 0 Å². The van der Waals surface area contributed by atoms with Crippen molar-refractivity contribution in [3.63, 3.8) is 0 Å². The van der Waals surface area contributed by atoms with Gasteiger partial charge in [-0.05, 0) is 19.9 Å². The fraction of sp³-hybridized carbons (Fsp3) is 0.889. The van der Waals surface area contributed by atoms with Crippen molar-refractivity contribution in [1.82, 2.24) is 10.2 Å². The molecule has 2 fully saturated rings. The topological polar surface area (TPSA) is 41.6 Å². The fourth-order valence-electron chi connectivity index (χ4n) is 1.77. The molecule has 1 aliphatic heterocycles. The standard InChI is InChI=1S/C9H16N2O2/c1-10-4-7-5-11(8-2-3-8)9(12)13-6-7/h7-8,10H,2-6H2,1H3. The van der Waals surface area contributed by atoms with Crippen LogP contribution >= 0.6 is 0 Å². The van der Waals surface area contributed by atoms with E-state index in [2.05, 4.69) is 5.32 Å². The number of carbonyl (C=O) groups excluding carboxylic acids is 1. The van der Waals surface area contributed by atoms with Gasteiger partial charge in [0.05, 0.1) is 6.61 Å². The third-order valence-electron chi connectivity index (χ3n) is 2.61. The molecule has 0 aromatic heterocycles. The summed E-state index contributed by atoms with van der Waals surface area (Å²) in [7, 11) is 1.93. The number of nitrogens with one attached hydrogen (secondary N) is 1. The average molecular weight is 184 g/mol. The Hall–Kier alpha value is -0.770. The molecule has 1 heterocycles. The van der Waals surface area contributed by atoms with Crippen LogP contribution in [0.25, 0.3) is 0 Å². The second kappa shape index (κ2) is 3.54. The highest BCUT2D eigenvalue weighted by Crippen LogP contribution is 2.29. The van der Waals surface area contributed by atoms with Gasteiger partial charge < -0.3 is 15.0 Å². The average Bonchev–Trinajstić information content (AvgIpc) is 2.92. The Morgan fingerprint density at radius 1 is 1.62 bits per heavy atom. The van der Waals surface area contributed by atoms with E-state index in [4.69, 9.17) is 4.74 Å². The Labute approximate surface area is 78.2 Å². The number of cyclic esters (lactones) is 1. The summed E-state index contributed by atoms with van der Waals surface area (Å²) in [6, 6.07) is 0.479. The smallest absolute Gasteiger partial charge is 0.410 e. The van der Waals surface area contributed by atoms with Crippen LogP contribution in [0.5, 0.6) is 0 Å². The molecule has 0 radical (unpaired) electrons. The van der Waals surface area contributed by atoms with Gasteiger partial charge in [-0.15, -0.1) is 0 Å². The lowest BCUT2D eigenvalue weighted by Gasteiger charge is -2.32. The van der Waals surface area contributed by atoms with Crippen molar-refractivity contribution in [1.29, 1.82) is 0 Å². The second-order valence-electron chi connectivity index (χ2n) is 3.88. The van der Waals surface area contributed by atoms with Crippen molar-refractivity contribution in [2.75, 3.05) is 26.7 Å². The van der Waals surface area contributed by atoms with Crippen LogP contribution < -0.4 is 5.32 Å². The normalized spacial score (nSPS) is 28.8. The van der Waals surface area contributed by atoms with Crippen LogP contribution in [0.1, 0.15) is 12.8 Å². The molecule has 4 heteroatoms. The molecule has 4 nitrogen and oxygen atoms in total. The Morgan fingerprint density at radius 2 is 2.38 bits per heavy atom. The zero-order valence-corrected chi connectivity index (χ0v) is 7.95. The Kier molecular flexibility index (Phi) is 2.40. The van der Waals surface area contributed by atoms with Crippen LogP contribution in [0.4, 0.5) is 4.79 Å². The maximum atomic E-state index is 11.3. The van der Waals surface area contributed by atoms with Crippen molar-refractivity contribution in [2.24, 2.45) is 5.92 Å². The largest absolute Gasteiger partial charge is 0.449 e. The fourth-order valence-corrected chi connectivity index (χ4v) is 1.77. The summed E-state index contributed by atoms with van der Waals surface area (Å²) in [4.78, 5) is 13.2. The van der Waals surface area contributed by atoms with Gasteiger partial charge in [-0.2, -0.15) is 0 Å². The molecule has 0 aromatic carbocycles. The molecule has 1 unspecified atom stereocenters. The van der Waals surface area contributed by atoms with E-state index in [-0.39, 0.29) is 6.09 Å². The molecular formula is C9H16N2O2. The van der Waals surface area contributed by atoms with Gasteiger partial charge in [-0.3, -0.25) is 0 Å². The Balaban J connectivity index is 1.88. The van der Waals surface area contributed by atoms with Crippen LogP contribution in [0, 0.1) is 5.92 Å². The number of ether oxygens (including phenoxy) is 1. The van der Waals surface area contributed by atoms with Gasteiger partial charge in [0.15, 0.2) is 0 Å². The first kappa shape index (κ1) is 8.81. The highest BCUT2D eigenvalue weighted by Gasteiger charge is 2.37. The minimum Gasteiger partial charge on any atom is -0.449 e. The van der Waals surface area contributed by atoms with Crippen LogP contribution in [0.3, 0.4) is 0 Å². The van der Waals surface area contributed by atoms with Gasteiger partial charge in [0.25, 0.3) is 0 Å². The van der Waals surface area contributed by atoms with E-state index in [0.717, 1.165) is 25.9 Å². The Bertz CT molecular complexity index is 204. The minimum atomic E-state index is -0.116. The monoisotopic (exact) mass is 184 g/mol. The molecule has 1 aliphatic carbocycles. The second-order valence-corrected chi connectivity index (χ2v) is 3.88. The van der Waals surface area contributed by atoms with E-state index in [1.165, 1.54) is 0 Å². The van der Waals surface area contributed by atoms with Gasteiger partial charge in [-0.25, -0.2) is 4.79 Å². The van der Waals surface area contributed by atoms with Crippen LogP contribution in [-0.2, 0) is 4.74 Å². The van der Waals surface area contributed by atoms with Gasteiger partial charge in [0.2, 0.25) is 0 Å². The van der Waals surface area contributed by atoms with E-state index in [1.807, 2.05) is 11.9 Å². The molecule has 0 bridgehead atoms. The van der Waals surface area contributed by atoms with E-state index in [9.17, 15) is 4.79 Å². The summed E-state index contributed by atoms with van der Waals surface area (Å²) < 4.78 is 5.10.